The lowest BCUT2D eigenvalue weighted by atomic mass is 10.0. The third-order valence-corrected chi connectivity index (χ3v) is 9.61. The number of aryl methyl sites for hydroxylation is 1. The second kappa shape index (κ2) is 16.7. The molecule has 4 aromatic rings. The van der Waals surface area contributed by atoms with Crippen LogP contribution in [0.5, 0.6) is 5.75 Å². The Balaban J connectivity index is 1.80. The van der Waals surface area contributed by atoms with Crippen molar-refractivity contribution < 1.29 is 27.1 Å². The Kier molecular flexibility index (Phi) is 12.5. The molecule has 0 saturated carbocycles. The van der Waals surface area contributed by atoms with Gasteiger partial charge in [-0.1, -0.05) is 67.9 Å². The van der Waals surface area contributed by atoms with Crippen LogP contribution in [-0.4, -0.2) is 50.9 Å². The first-order chi connectivity index (χ1) is 22.6. The minimum Gasteiger partial charge on any atom is -0.494 e. The number of sulfonamides is 1. The molecule has 0 aliphatic heterocycles. The Morgan fingerprint density at radius 3 is 2.17 bits per heavy atom. The second-order valence-electron chi connectivity index (χ2n) is 11.2. The second-order valence-corrected chi connectivity index (χ2v) is 13.1. The zero-order valence-corrected chi connectivity index (χ0v) is 27.9. The Bertz CT molecular complexity index is 1720. The fourth-order valence-electron chi connectivity index (χ4n) is 5.17. The SMILES string of the molecule is CCCCNC(=O)C(Cc1ccccc1)N(Cc1ccccc1C)C(=O)CN(c1ccc(OCC)cc1)S(=O)(=O)c1ccc(F)cc1. The largest absolute Gasteiger partial charge is 0.494 e. The topological polar surface area (TPSA) is 96.0 Å². The number of carbonyl (C=O) groups is 2. The Morgan fingerprint density at radius 2 is 1.53 bits per heavy atom. The van der Waals surface area contributed by atoms with Gasteiger partial charge in [-0.2, -0.15) is 0 Å². The number of amides is 2. The molecule has 4 aromatic carbocycles. The summed E-state index contributed by atoms with van der Waals surface area (Å²) in [7, 11) is -4.35. The summed E-state index contributed by atoms with van der Waals surface area (Å²) in [4.78, 5) is 29.7. The van der Waals surface area contributed by atoms with E-state index in [9.17, 15) is 22.4 Å². The van der Waals surface area contributed by atoms with E-state index in [0.29, 0.717) is 18.9 Å². The molecule has 0 aliphatic rings. The summed E-state index contributed by atoms with van der Waals surface area (Å²) in [5.41, 5.74) is 2.83. The van der Waals surface area contributed by atoms with E-state index in [1.54, 1.807) is 24.3 Å². The molecule has 0 aromatic heterocycles. The summed E-state index contributed by atoms with van der Waals surface area (Å²) in [6.07, 6.45) is 1.88. The van der Waals surface area contributed by atoms with Crippen molar-refractivity contribution >= 4 is 27.5 Å². The first kappa shape index (κ1) is 35.2. The van der Waals surface area contributed by atoms with Gasteiger partial charge < -0.3 is 15.0 Å². The molecule has 0 heterocycles. The Labute approximate surface area is 277 Å². The number of anilines is 1. The van der Waals surface area contributed by atoms with E-state index >= 15 is 0 Å². The highest BCUT2D eigenvalue weighted by molar-refractivity contribution is 7.92. The van der Waals surface area contributed by atoms with E-state index in [0.717, 1.165) is 46.0 Å². The van der Waals surface area contributed by atoms with Crippen LogP contribution in [0.4, 0.5) is 10.1 Å². The molecule has 0 saturated heterocycles. The third-order valence-electron chi connectivity index (χ3n) is 7.82. The average molecular weight is 660 g/mol. The molecule has 0 aliphatic carbocycles. The normalized spacial score (nSPS) is 11.8. The van der Waals surface area contributed by atoms with E-state index in [1.807, 2.05) is 75.4 Å². The molecule has 248 valence electrons. The van der Waals surface area contributed by atoms with Gasteiger partial charge in [0.25, 0.3) is 10.0 Å². The molecule has 0 spiro atoms. The highest BCUT2D eigenvalue weighted by Crippen LogP contribution is 2.27. The molecule has 0 fully saturated rings. The van der Waals surface area contributed by atoms with Gasteiger partial charge >= 0.3 is 0 Å². The number of carbonyl (C=O) groups excluding carboxylic acids is 2. The molecule has 8 nitrogen and oxygen atoms in total. The van der Waals surface area contributed by atoms with Crippen molar-refractivity contribution in [2.75, 3.05) is 24.0 Å². The maximum absolute atomic E-state index is 14.6. The van der Waals surface area contributed by atoms with E-state index in [4.69, 9.17) is 4.74 Å². The smallest absolute Gasteiger partial charge is 0.264 e. The lowest BCUT2D eigenvalue weighted by molar-refractivity contribution is -0.140. The highest BCUT2D eigenvalue weighted by Gasteiger charge is 2.34. The number of nitrogens with zero attached hydrogens (tertiary/aromatic N) is 2. The van der Waals surface area contributed by atoms with Gasteiger partial charge in [0.05, 0.1) is 17.2 Å². The zero-order chi connectivity index (χ0) is 33.8. The van der Waals surface area contributed by atoms with Gasteiger partial charge in [0.1, 0.15) is 24.2 Å². The molecule has 1 unspecified atom stereocenters. The Hall–Kier alpha value is -4.70. The summed E-state index contributed by atoms with van der Waals surface area (Å²) in [6.45, 7) is 6.14. The number of halogens is 1. The fourth-order valence-corrected chi connectivity index (χ4v) is 6.58. The van der Waals surface area contributed by atoms with Crippen LogP contribution in [0.2, 0.25) is 0 Å². The van der Waals surface area contributed by atoms with E-state index in [2.05, 4.69) is 5.32 Å². The number of rotatable bonds is 16. The van der Waals surface area contributed by atoms with E-state index in [1.165, 1.54) is 17.0 Å². The van der Waals surface area contributed by atoms with Crippen molar-refractivity contribution in [3.8, 4) is 5.75 Å². The average Bonchev–Trinajstić information content (AvgIpc) is 3.07. The summed E-state index contributed by atoms with van der Waals surface area (Å²) < 4.78 is 48.6. The van der Waals surface area contributed by atoms with Gasteiger partial charge in [0.2, 0.25) is 11.8 Å². The molecule has 4 rings (SSSR count). The van der Waals surface area contributed by atoms with Crippen LogP contribution in [0, 0.1) is 12.7 Å². The third kappa shape index (κ3) is 9.42. The number of hydrogen-bond donors (Lipinski definition) is 1. The summed E-state index contributed by atoms with van der Waals surface area (Å²) in [6, 6.07) is 26.9. The van der Waals surface area contributed by atoms with E-state index in [-0.39, 0.29) is 29.5 Å². The standard InChI is InChI=1S/C37H42FN3O5S/c1-4-6-24-39-37(43)35(25-29-13-8-7-9-14-29)40(26-30-15-11-10-12-28(30)3)36(42)27-41(32-18-20-33(21-19-32)46-5-2)47(44,45)34-22-16-31(38)17-23-34/h7-23,35H,4-6,24-27H2,1-3H3,(H,39,43). The first-order valence-corrected chi connectivity index (χ1v) is 17.2. The number of nitrogens with one attached hydrogen (secondary N) is 1. The fraction of sp³-hybridized carbons (Fsp3) is 0.297. The van der Waals surface area contributed by atoms with Gasteiger partial charge in [-0.25, -0.2) is 12.8 Å². The van der Waals surface area contributed by atoms with E-state index < -0.39 is 34.3 Å². The number of benzene rings is 4. The molecule has 1 N–H and O–H groups in total. The number of hydrogen-bond acceptors (Lipinski definition) is 5. The lowest BCUT2D eigenvalue weighted by Crippen LogP contribution is -2.53. The van der Waals surface area contributed by atoms with Crippen LogP contribution >= 0.6 is 0 Å². The van der Waals surface area contributed by atoms with Crippen molar-refractivity contribution in [2.45, 2.75) is 57.5 Å². The number of ether oxygens (including phenoxy) is 1. The molecule has 1 atom stereocenters. The molecule has 0 bridgehead atoms. The molecule has 0 radical (unpaired) electrons. The predicted octanol–water partition coefficient (Wildman–Crippen LogP) is 6.28. The van der Waals surface area contributed by atoms with Gasteiger partial charge in [-0.05, 0) is 85.5 Å². The van der Waals surface area contributed by atoms with Crippen molar-refractivity contribution in [1.29, 1.82) is 0 Å². The lowest BCUT2D eigenvalue weighted by Gasteiger charge is -2.34. The van der Waals surface area contributed by atoms with Crippen LogP contribution in [0.1, 0.15) is 43.4 Å². The highest BCUT2D eigenvalue weighted by atomic mass is 32.2. The molecule has 2 amide bonds. The monoisotopic (exact) mass is 659 g/mol. The summed E-state index contributed by atoms with van der Waals surface area (Å²) in [5.74, 6) is -0.943. The van der Waals surface area contributed by atoms with Gasteiger partial charge in [-0.15, -0.1) is 0 Å². The van der Waals surface area contributed by atoms with Crippen molar-refractivity contribution in [2.24, 2.45) is 0 Å². The van der Waals surface area contributed by atoms with Gasteiger partial charge in [0.15, 0.2) is 0 Å². The maximum Gasteiger partial charge on any atom is 0.264 e. The minimum absolute atomic E-state index is 0.0813. The quantitative estimate of drug-likeness (QED) is 0.143. The molecular weight excluding hydrogens is 617 g/mol. The van der Waals surface area contributed by atoms with Crippen molar-refractivity contribution in [3.05, 3.63) is 126 Å². The number of unbranched alkanes of at least 4 members (excludes halogenated alkanes) is 1. The van der Waals surface area contributed by atoms with Crippen LogP contribution in [0.25, 0.3) is 0 Å². The Morgan fingerprint density at radius 1 is 0.872 bits per heavy atom. The van der Waals surface area contributed by atoms with Crippen LogP contribution < -0.4 is 14.4 Å². The molecule has 47 heavy (non-hydrogen) atoms. The minimum atomic E-state index is -4.35. The first-order valence-electron chi connectivity index (χ1n) is 15.8. The van der Waals surface area contributed by atoms with Gasteiger partial charge in [-0.3, -0.25) is 13.9 Å². The van der Waals surface area contributed by atoms with Crippen LogP contribution in [0.15, 0.2) is 108 Å². The van der Waals surface area contributed by atoms with Crippen molar-refractivity contribution in [3.63, 3.8) is 0 Å². The van der Waals surface area contributed by atoms with Crippen LogP contribution in [0.3, 0.4) is 0 Å². The molecule has 10 heteroatoms. The predicted molar refractivity (Wildman–Crippen MR) is 182 cm³/mol. The maximum atomic E-state index is 14.6. The summed E-state index contributed by atoms with van der Waals surface area (Å²) >= 11 is 0. The molecular formula is C37H42FN3O5S. The van der Waals surface area contributed by atoms with Gasteiger partial charge in [0, 0.05) is 19.5 Å². The summed E-state index contributed by atoms with van der Waals surface area (Å²) in [5, 5.41) is 2.99. The van der Waals surface area contributed by atoms with Crippen LogP contribution in [-0.2, 0) is 32.6 Å². The zero-order valence-electron chi connectivity index (χ0n) is 27.1. The van der Waals surface area contributed by atoms with Crippen molar-refractivity contribution in [1.82, 2.24) is 10.2 Å².